The molecule has 0 spiro atoms. The third-order valence-corrected chi connectivity index (χ3v) is 4.36. The number of guanidine groups is 1. The molecule has 3 rings (SSSR count). The van der Waals surface area contributed by atoms with Gasteiger partial charge in [0.05, 0.1) is 12.9 Å². The fraction of sp³-hybridized carbons (Fsp3) is 0.273. The van der Waals surface area contributed by atoms with Gasteiger partial charge in [0.2, 0.25) is 0 Å². The van der Waals surface area contributed by atoms with E-state index < -0.39 is 0 Å². The van der Waals surface area contributed by atoms with E-state index in [1.807, 2.05) is 42.0 Å². The zero-order valence-electron chi connectivity index (χ0n) is 16.3. The minimum atomic E-state index is -0.219. The van der Waals surface area contributed by atoms with E-state index >= 15 is 0 Å². The fourth-order valence-corrected chi connectivity index (χ4v) is 2.96. The van der Waals surface area contributed by atoms with E-state index in [2.05, 4.69) is 34.6 Å². The second-order valence-electron chi connectivity index (χ2n) is 6.71. The van der Waals surface area contributed by atoms with Crippen molar-refractivity contribution in [2.24, 2.45) is 4.99 Å². The molecule has 5 nitrogen and oxygen atoms in total. The molecule has 0 unspecified atom stereocenters. The number of aliphatic imine (C=N–C) groups is 1. The lowest BCUT2D eigenvalue weighted by Gasteiger charge is -2.22. The summed E-state index contributed by atoms with van der Waals surface area (Å²) in [6.07, 6.45) is 5.55. The van der Waals surface area contributed by atoms with Gasteiger partial charge in [-0.2, -0.15) is 0 Å². The first-order chi connectivity index (χ1) is 13.6. The maximum Gasteiger partial charge on any atom is 0.194 e. The Labute approximate surface area is 165 Å². The van der Waals surface area contributed by atoms with Gasteiger partial charge < -0.3 is 14.8 Å². The Morgan fingerprint density at radius 1 is 1.14 bits per heavy atom. The first kappa shape index (κ1) is 19.6. The van der Waals surface area contributed by atoms with Crippen molar-refractivity contribution in [2.75, 3.05) is 13.6 Å². The van der Waals surface area contributed by atoms with Gasteiger partial charge in [0.1, 0.15) is 5.82 Å². The van der Waals surface area contributed by atoms with E-state index in [9.17, 15) is 4.39 Å². The molecule has 6 heteroatoms. The van der Waals surface area contributed by atoms with Crippen molar-refractivity contribution in [3.8, 4) is 0 Å². The van der Waals surface area contributed by atoms with Gasteiger partial charge in [0, 0.05) is 39.1 Å². The molecule has 1 heterocycles. The van der Waals surface area contributed by atoms with Crippen LogP contribution in [0.15, 0.2) is 72.2 Å². The second-order valence-corrected chi connectivity index (χ2v) is 6.71. The molecular formula is C22H26FN5. The number of hydrogen-bond donors (Lipinski definition) is 1. The highest BCUT2D eigenvalue weighted by molar-refractivity contribution is 5.79. The molecule has 0 aliphatic heterocycles. The Hall–Kier alpha value is -3.15. The summed E-state index contributed by atoms with van der Waals surface area (Å²) in [6.45, 7) is 4.80. The molecule has 0 radical (unpaired) electrons. The summed E-state index contributed by atoms with van der Waals surface area (Å²) < 4.78 is 15.5. The van der Waals surface area contributed by atoms with E-state index in [0.717, 1.165) is 30.2 Å². The predicted molar refractivity (Wildman–Crippen MR) is 110 cm³/mol. The Bertz CT molecular complexity index is 888. The van der Waals surface area contributed by atoms with Gasteiger partial charge in [0.25, 0.3) is 0 Å². The molecular weight excluding hydrogens is 353 g/mol. The molecule has 1 N–H and O–H groups in total. The van der Waals surface area contributed by atoms with Crippen molar-refractivity contribution in [1.29, 1.82) is 0 Å². The summed E-state index contributed by atoms with van der Waals surface area (Å²) in [4.78, 5) is 10.8. The van der Waals surface area contributed by atoms with Crippen LogP contribution in [0.1, 0.15) is 23.6 Å². The van der Waals surface area contributed by atoms with E-state index in [1.54, 1.807) is 18.3 Å². The number of halogens is 1. The summed E-state index contributed by atoms with van der Waals surface area (Å²) in [5, 5.41) is 3.30. The lowest BCUT2D eigenvalue weighted by atomic mass is 10.1. The topological polar surface area (TPSA) is 45.5 Å². The van der Waals surface area contributed by atoms with Crippen LogP contribution < -0.4 is 5.32 Å². The van der Waals surface area contributed by atoms with Crippen LogP contribution in [0.4, 0.5) is 4.39 Å². The molecule has 28 heavy (non-hydrogen) atoms. The van der Waals surface area contributed by atoms with Crippen LogP contribution in [-0.4, -0.2) is 34.0 Å². The van der Waals surface area contributed by atoms with E-state index in [0.29, 0.717) is 13.1 Å². The maximum absolute atomic E-state index is 13.4. The van der Waals surface area contributed by atoms with E-state index in [4.69, 9.17) is 4.99 Å². The minimum absolute atomic E-state index is 0.219. The van der Waals surface area contributed by atoms with Crippen molar-refractivity contribution in [3.05, 3.63) is 89.8 Å². The van der Waals surface area contributed by atoms with Crippen LogP contribution >= 0.6 is 0 Å². The Kier molecular flexibility index (Phi) is 6.78. The first-order valence-electron chi connectivity index (χ1n) is 9.41. The van der Waals surface area contributed by atoms with Crippen LogP contribution in [0.3, 0.4) is 0 Å². The Balaban J connectivity index is 1.63. The minimum Gasteiger partial charge on any atom is -0.357 e. The molecule has 2 aromatic carbocycles. The fourth-order valence-electron chi connectivity index (χ4n) is 2.96. The van der Waals surface area contributed by atoms with Crippen LogP contribution in [0.2, 0.25) is 0 Å². The zero-order valence-corrected chi connectivity index (χ0v) is 16.3. The van der Waals surface area contributed by atoms with Crippen LogP contribution in [0.5, 0.6) is 0 Å². The third-order valence-electron chi connectivity index (χ3n) is 4.36. The van der Waals surface area contributed by atoms with Gasteiger partial charge in [0.15, 0.2) is 5.96 Å². The van der Waals surface area contributed by atoms with Gasteiger partial charge in [-0.1, -0.05) is 36.4 Å². The lowest BCUT2D eigenvalue weighted by Crippen LogP contribution is -2.38. The van der Waals surface area contributed by atoms with Crippen molar-refractivity contribution >= 4 is 5.96 Å². The lowest BCUT2D eigenvalue weighted by molar-refractivity contribution is 0.475. The van der Waals surface area contributed by atoms with Crippen LogP contribution in [0.25, 0.3) is 0 Å². The highest BCUT2D eigenvalue weighted by Crippen LogP contribution is 2.09. The largest absolute Gasteiger partial charge is 0.357 e. The molecule has 1 aromatic heterocycles. The zero-order chi connectivity index (χ0) is 19.8. The quantitative estimate of drug-likeness (QED) is 0.503. The summed E-state index contributed by atoms with van der Waals surface area (Å²) in [6, 6.07) is 15.1. The molecule has 146 valence electrons. The number of aromatic nitrogens is 2. The van der Waals surface area contributed by atoms with Crippen LogP contribution in [0, 0.1) is 5.82 Å². The van der Waals surface area contributed by atoms with Crippen molar-refractivity contribution < 1.29 is 4.39 Å². The molecule has 0 aliphatic rings. The van der Waals surface area contributed by atoms with Gasteiger partial charge in [-0.3, -0.25) is 0 Å². The Morgan fingerprint density at radius 2 is 1.93 bits per heavy atom. The number of imidazole rings is 1. The highest BCUT2D eigenvalue weighted by atomic mass is 19.1. The number of benzene rings is 2. The van der Waals surface area contributed by atoms with E-state index in [1.165, 1.54) is 11.6 Å². The summed E-state index contributed by atoms with van der Waals surface area (Å²) >= 11 is 0. The first-order valence-corrected chi connectivity index (χ1v) is 9.41. The molecule has 0 fully saturated rings. The number of nitrogens with one attached hydrogen (secondary N) is 1. The van der Waals surface area contributed by atoms with Gasteiger partial charge >= 0.3 is 0 Å². The highest BCUT2D eigenvalue weighted by Gasteiger charge is 2.07. The molecule has 0 aliphatic carbocycles. The summed E-state index contributed by atoms with van der Waals surface area (Å²) in [5.41, 5.74) is 3.28. The smallest absolute Gasteiger partial charge is 0.194 e. The van der Waals surface area contributed by atoms with Crippen molar-refractivity contribution in [3.63, 3.8) is 0 Å². The van der Waals surface area contributed by atoms with Gasteiger partial charge in [-0.15, -0.1) is 0 Å². The molecule has 0 atom stereocenters. The van der Waals surface area contributed by atoms with Crippen molar-refractivity contribution in [1.82, 2.24) is 19.8 Å². The predicted octanol–water partition coefficient (Wildman–Crippen LogP) is 3.67. The summed E-state index contributed by atoms with van der Waals surface area (Å²) in [5.74, 6) is 0.581. The molecule has 0 amide bonds. The maximum atomic E-state index is 13.4. The normalized spacial score (nSPS) is 11.5. The Morgan fingerprint density at radius 3 is 2.61 bits per heavy atom. The number of nitrogens with zero attached hydrogens (tertiary/aromatic N) is 4. The van der Waals surface area contributed by atoms with Gasteiger partial charge in [-0.25, -0.2) is 14.4 Å². The average molecular weight is 379 g/mol. The number of rotatable bonds is 7. The monoisotopic (exact) mass is 379 g/mol. The molecule has 3 aromatic rings. The molecule has 0 bridgehead atoms. The SMILES string of the molecule is CCNC(=NCc1ccc(Cn2ccnc2)cc1)N(C)Cc1cccc(F)c1. The third kappa shape index (κ3) is 5.67. The summed E-state index contributed by atoms with van der Waals surface area (Å²) in [7, 11) is 1.96. The van der Waals surface area contributed by atoms with Crippen LogP contribution in [-0.2, 0) is 19.6 Å². The van der Waals surface area contributed by atoms with Gasteiger partial charge in [-0.05, 0) is 35.7 Å². The molecule has 0 saturated carbocycles. The van der Waals surface area contributed by atoms with E-state index in [-0.39, 0.29) is 5.82 Å². The number of hydrogen-bond acceptors (Lipinski definition) is 2. The average Bonchev–Trinajstić information content (AvgIpc) is 3.19. The molecule has 0 saturated heterocycles. The standard InChI is InChI=1S/C22H26FN5/c1-3-25-22(27(2)15-20-5-4-6-21(23)13-20)26-14-18-7-9-19(10-8-18)16-28-12-11-24-17-28/h4-13,17H,3,14-16H2,1-2H3,(H,25,26). The second kappa shape index (κ2) is 9.69. The van der Waals surface area contributed by atoms with Crippen molar-refractivity contribution in [2.45, 2.75) is 26.6 Å².